The van der Waals surface area contributed by atoms with E-state index in [0.717, 1.165) is 36.6 Å². The third-order valence-corrected chi connectivity index (χ3v) is 3.77. The summed E-state index contributed by atoms with van der Waals surface area (Å²) < 4.78 is 14.6. The molecule has 1 aliphatic heterocycles. The van der Waals surface area contributed by atoms with Gasteiger partial charge in [0.2, 0.25) is 5.95 Å². The van der Waals surface area contributed by atoms with E-state index in [2.05, 4.69) is 35.7 Å². The molecule has 0 aliphatic carbocycles. The van der Waals surface area contributed by atoms with Crippen LogP contribution in [0.5, 0.6) is 0 Å². The Bertz CT molecular complexity index is 582. The molecule has 1 aromatic heterocycles. The number of nitrogens with zero attached hydrogens (tertiary/aromatic N) is 4. The molecule has 0 atom stereocenters. The van der Waals surface area contributed by atoms with Gasteiger partial charge in [-0.2, -0.15) is 0 Å². The third-order valence-electron chi connectivity index (χ3n) is 3.36. The SMILES string of the molecule is Fc1ccccc1N1CCN(c2ncc(Br)cn2)CC1. The number of halogens is 2. The van der Waals surface area contributed by atoms with Gasteiger partial charge in [0, 0.05) is 38.6 Å². The topological polar surface area (TPSA) is 32.3 Å². The summed E-state index contributed by atoms with van der Waals surface area (Å²) in [5.74, 6) is 0.558. The predicted octanol–water partition coefficient (Wildman–Crippen LogP) is 2.70. The van der Waals surface area contributed by atoms with Crippen molar-refractivity contribution in [2.24, 2.45) is 0 Å². The zero-order valence-electron chi connectivity index (χ0n) is 10.8. The summed E-state index contributed by atoms with van der Waals surface area (Å²) in [6, 6.07) is 6.90. The second-order valence-corrected chi connectivity index (χ2v) is 5.54. The Morgan fingerprint density at radius 1 is 0.950 bits per heavy atom. The molecule has 0 radical (unpaired) electrons. The molecule has 4 nitrogen and oxygen atoms in total. The van der Waals surface area contributed by atoms with Gasteiger partial charge in [-0.3, -0.25) is 0 Å². The van der Waals surface area contributed by atoms with Gasteiger partial charge in [-0.1, -0.05) is 12.1 Å². The van der Waals surface area contributed by atoms with Crippen LogP contribution in [0.2, 0.25) is 0 Å². The van der Waals surface area contributed by atoms with Crippen LogP contribution in [-0.4, -0.2) is 36.1 Å². The van der Waals surface area contributed by atoms with Crippen LogP contribution < -0.4 is 9.80 Å². The lowest BCUT2D eigenvalue weighted by Gasteiger charge is -2.36. The van der Waals surface area contributed by atoms with Crippen molar-refractivity contribution in [3.63, 3.8) is 0 Å². The van der Waals surface area contributed by atoms with E-state index in [1.54, 1.807) is 18.5 Å². The van der Waals surface area contributed by atoms with E-state index in [-0.39, 0.29) is 5.82 Å². The van der Waals surface area contributed by atoms with E-state index in [4.69, 9.17) is 0 Å². The van der Waals surface area contributed by atoms with Crippen molar-refractivity contribution in [1.82, 2.24) is 9.97 Å². The maximum Gasteiger partial charge on any atom is 0.225 e. The third kappa shape index (κ3) is 2.75. The molecule has 1 fully saturated rings. The number of benzene rings is 1. The van der Waals surface area contributed by atoms with Gasteiger partial charge in [-0.25, -0.2) is 14.4 Å². The van der Waals surface area contributed by atoms with Gasteiger partial charge in [0.1, 0.15) is 5.82 Å². The van der Waals surface area contributed by atoms with Crippen LogP contribution in [-0.2, 0) is 0 Å². The van der Waals surface area contributed by atoms with Crippen molar-refractivity contribution in [2.75, 3.05) is 36.0 Å². The molecule has 6 heteroatoms. The number of hydrogen-bond acceptors (Lipinski definition) is 4. The van der Waals surface area contributed by atoms with Crippen LogP contribution in [0.25, 0.3) is 0 Å². The van der Waals surface area contributed by atoms with Crippen LogP contribution in [0.3, 0.4) is 0 Å². The first kappa shape index (κ1) is 13.3. The molecule has 20 heavy (non-hydrogen) atoms. The lowest BCUT2D eigenvalue weighted by Crippen LogP contribution is -2.47. The zero-order chi connectivity index (χ0) is 13.9. The Balaban J connectivity index is 1.68. The average Bonchev–Trinajstić information content (AvgIpc) is 2.49. The molecule has 2 heterocycles. The highest BCUT2D eigenvalue weighted by atomic mass is 79.9. The van der Waals surface area contributed by atoms with Gasteiger partial charge < -0.3 is 9.80 Å². The van der Waals surface area contributed by atoms with Crippen molar-refractivity contribution < 1.29 is 4.39 Å². The first-order chi connectivity index (χ1) is 9.74. The maximum atomic E-state index is 13.8. The minimum Gasteiger partial charge on any atom is -0.366 e. The van der Waals surface area contributed by atoms with Crippen LogP contribution in [0.15, 0.2) is 41.1 Å². The largest absolute Gasteiger partial charge is 0.366 e. The quantitative estimate of drug-likeness (QED) is 0.844. The molecule has 0 N–H and O–H groups in total. The second-order valence-electron chi connectivity index (χ2n) is 4.63. The molecular formula is C14H14BrFN4. The van der Waals surface area contributed by atoms with Gasteiger partial charge in [0.05, 0.1) is 10.2 Å². The molecule has 0 amide bonds. The van der Waals surface area contributed by atoms with Gasteiger partial charge in [-0.05, 0) is 28.1 Å². The summed E-state index contributed by atoms with van der Waals surface area (Å²) in [4.78, 5) is 12.8. The lowest BCUT2D eigenvalue weighted by molar-refractivity contribution is 0.594. The summed E-state index contributed by atoms with van der Waals surface area (Å²) in [6.45, 7) is 3.10. The smallest absolute Gasteiger partial charge is 0.225 e. The summed E-state index contributed by atoms with van der Waals surface area (Å²) in [7, 11) is 0. The number of rotatable bonds is 2. The molecule has 104 valence electrons. The first-order valence-corrected chi connectivity index (χ1v) is 7.25. The van der Waals surface area contributed by atoms with Gasteiger partial charge in [0.15, 0.2) is 0 Å². The van der Waals surface area contributed by atoms with Crippen molar-refractivity contribution in [2.45, 2.75) is 0 Å². The summed E-state index contributed by atoms with van der Waals surface area (Å²) >= 11 is 3.32. The van der Waals surface area contributed by atoms with E-state index in [9.17, 15) is 4.39 Å². The van der Waals surface area contributed by atoms with Crippen LogP contribution in [0.1, 0.15) is 0 Å². The number of hydrogen-bond donors (Lipinski definition) is 0. The molecule has 0 saturated carbocycles. The number of anilines is 2. The van der Waals surface area contributed by atoms with Crippen LogP contribution >= 0.6 is 15.9 Å². The van der Waals surface area contributed by atoms with E-state index in [0.29, 0.717) is 5.69 Å². The Morgan fingerprint density at radius 3 is 2.20 bits per heavy atom. The highest BCUT2D eigenvalue weighted by molar-refractivity contribution is 9.10. The van der Waals surface area contributed by atoms with Gasteiger partial charge >= 0.3 is 0 Å². The highest BCUT2D eigenvalue weighted by Crippen LogP contribution is 2.21. The first-order valence-electron chi connectivity index (χ1n) is 6.46. The fraction of sp³-hybridized carbons (Fsp3) is 0.286. The average molecular weight is 337 g/mol. The lowest BCUT2D eigenvalue weighted by atomic mass is 10.2. The standard InChI is InChI=1S/C14H14BrFN4/c15-11-9-17-14(18-10-11)20-7-5-19(6-8-20)13-4-2-1-3-12(13)16/h1-4,9-10H,5-8H2. The normalized spacial score (nSPS) is 15.5. The molecule has 3 rings (SSSR count). The Morgan fingerprint density at radius 2 is 1.55 bits per heavy atom. The second kappa shape index (κ2) is 5.75. The van der Waals surface area contributed by atoms with E-state index in [1.165, 1.54) is 6.07 Å². The van der Waals surface area contributed by atoms with Crippen molar-refractivity contribution in [3.8, 4) is 0 Å². The molecule has 0 bridgehead atoms. The van der Waals surface area contributed by atoms with Gasteiger partial charge in [-0.15, -0.1) is 0 Å². The molecule has 1 aliphatic rings. The number of aromatic nitrogens is 2. The van der Waals surface area contributed by atoms with Gasteiger partial charge in [0.25, 0.3) is 0 Å². The number of piperazine rings is 1. The zero-order valence-corrected chi connectivity index (χ0v) is 12.4. The van der Waals surface area contributed by atoms with Crippen molar-refractivity contribution in [3.05, 3.63) is 46.9 Å². The van der Waals surface area contributed by atoms with Crippen LogP contribution in [0.4, 0.5) is 16.0 Å². The predicted molar refractivity (Wildman–Crippen MR) is 80.6 cm³/mol. The molecule has 0 spiro atoms. The minimum atomic E-state index is -0.166. The van der Waals surface area contributed by atoms with Crippen LogP contribution in [0, 0.1) is 5.82 Å². The van der Waals surface area contributed by atoms with Crippen molar-refractivity contribution >= 4 is 27.6 Å². The Hall–Kier alpha value is -1.69. The van der Waals surface area contributed by atoms with E-state index in [1.807, 2.05) is 12.1 Å². The fourth-order valence-electron chi connectivity index (χ4n) is 2.32. The van der Waals surface area contributed by atoms with E-state index >= 15 is 0 Å². The monoisotopic (exact) mass is 336 g/mol. The summed E-state index contributed by atoms with van der Waals surface area (Å²) in [5, 5.41) is 0. The molecule has 0 unspecified atom stereocenters. The summed E-state index contributed by atoms with van der Waals surface area (Å²) in [5.41, 5.74) is 0.670. The van der Waals surface area contributed by atoms with Crippen molar-refractivity contribution in [1.29, 1.82) is 0 Å². The van der Waals surface area contributed by atoms with E-state index < -0.39 is 0 Å². The molecular weight excluding hydrogens is 323 g/mol. The number of para-hydroxylation sites is 1. The summed E-state index contributed by atoms with van der Waals surface area (Å²) in [6.07, 6.45) is 3.48. The maximum absolute atomic E-state index is 13.8. The highest BCUT2D eigenvalue weighted by Gasteiger charge is 2.20. The fourth-order valence-corrected chi connectivity index (χ4v) is 2.53. The Labute approximate surface area is 125 Å². The minimum absolute atomic E-state index is 0.166. The molecule has 2 aromatic rings. The Kier molecular flexibility index (Phi) is 3.82. The molecule has 1 saturated heterocycles. The molecule has 1 aromatic carbocycles.